The van der Waals surface area contributed by atoms with Crippen molar-refractivity contribution in [2.75, 3.05) is 11.1 Å². The first-order chi connectivity index (χ1) is 16.9. The molecule has 0 saturated heterocycles. The van der Waals surface area contributed by atoms with Crippen LogP contribution in [0.1, 0.15) is 49.1 Å². The molecule has 1 N–H and O–H groups in total. The van der Waals surface area contributed by atoms with Gasteiger partial charge in [-0.15, -0.1) is 11.3 Å². The SMILES string of the molecule is CC1CCc2c(sc3nc(SCC(=O)Nc4ccc(C(C)C)cc4)n(-c4ccccc4)c(=O)c23)C1. The Morgan fingerprint density at radius 1 is 1.17 bits per heavy atom. The summed E-state index contributed by atoms with van der Waals surface area (Å²) in [6.45, 7) is 6.55. The highest BCUT2D eigenvalue weighted by molar-refractivity contribution is 7.99. The van der Waals surface area contributed by atoms with E-state index >= 15 is 0 Å². The van der Waals surface area contributed by atoms with E-state index < -0.39 is 0 Å². The number of nitrogens with zero attached hydrogens (tertiary/aromatic N) is 2. The second kappa shape index (κ2) is 9.99. The van der Waals surface area contributed by atoms with Gasteiger partial charge in [-0.1, -0.05) is 62.9 Å². The number of amides is 1. The Morgan fingerprint density at radius 2 is 1.91 bits per heavy atom. The lowest BCUT2D eigenvalue weighted by Gasteiger charge is -2.17. The molecule has 4 aromatic rings. The molecular formula is C28H29N3O2S2. The molecule has 0 radical (unpaired) electrons. The van der Waals surface area contributed by atoms with Gasteiger partial charge in [0.05, 0.1) is 16.8 Å². The van der Waals surface area contributed by atoms with Gasteiger partial charge in [0.1, 0.15) is 4.83 Å². The number of hydrogen-bond donors (Lipinski definition) is 1. The summed E-state index contributed by atoms with van der Waals surface area (Å²) < 4.78 is 1.67. The first-order valence-corrected chi connectivity index (χ1v) is 13.9. The topological polar surface area (TPSA) is 64.0 Å². The average molecular weight is 504 g/mol. The summed E-state index contributed by atoms with van der Waals surface area (Å²) in [5, 5.41) is 4.26. The predicted octanol–water partition coefficient (Wildman–Crippen LogP) is 6.43. The van der Waals surface area contributed by atoms with Crippen LogP contribution in [0.25, 0.3) is 15.9 Å². The third-order valence-electron chi connectivity index (χ3n) is 6.51. The molecule has 35 heavy (non-hydrogen) atoms. The largest absolute Gasteiger partial charge is 0.325 e. The van der Waals surface area contributed by atoms with Crippen molar-refractivity contribution in [1.82, 2.24) is 9.55 Å². The van der Waals surface area contributed by atoms with Crippen molar-refractivity contribution in [3.8, 4) is 5.69 Å². The van der Waals surface area contributed by atoms with Crippen molar-refractivity contribution in [2.24, 2.45) is 5.92 Å². The lowest BCUT2D eigenvalue weighted by Crippen LogP contribution is -2.23. The van der Waals surface area contributed by atoms with Gasteiger partial charge in [-0.2, -0.15) is 0 Å². The van der Waals surface area contributed by atoms with E-state index in [2.05, 4.69) is 26.1 Å². The second-order valence-corrected chi connectivity index (χ2v) is 11.5. The highest BCUT2D eigenvalue weighted by Crippen LogP contribution is 2.37. The number of carbonyl (C=O) groups excluding carboxylic acids is 1. The van der Waals surface area contributed by atoms with Crippen LogP contribution in [0.4, 0.5) is 5.69 Å². The number of nitrogens with one attached hydrogen (secondary N) is 1. The zero-order valence-corrected chi connectivity index (χ0v) is 21.8. The van der Waals surface area contributed by atoms with Gasteiger partial charge in [-0.3, -0.25) is 14.2 Å². The smallest absolute Gasteiger partial charge is 0.267 e. The first-order valence-electron chi connectivity index (χ1n) is 12.1. The van der Waals surface area contributed by atoms with Crippen molar-refractivity contribution >= 4 is 44.9 Å². The van der Waals surface area contributed by atoms with Gasteiger partial charge in [0, 0.05) is 10.6 Å². The fourth-order valence-electron chi connectivity index (χ4n) is 4.55. The monoisotopic (exact) mass is 503 g/mol. The predicted molar refractivity (Wildman–Crippen MR) is 146 cm³/mol. The molecule has 0 fully saturated rings. The van der Waals surface area contributed by atoms with Crippen LogP contribution in [0.5, 0.6) is 0 Å². The van der Waals surface area contributed by atoms with Crippen molar-refractivity contribution in [2.45, 2.75) is 51.1 Å². The number of aromatic nitrogens is 2. The maximum Gasteiger partial charge on any atom is 0.267 e. The molecule has 2 aromatic carbocycles. The minimum absolute atomic E-state index is 0.0413. The Morgan fingerprint density at radius 3 is 2.63 bits per heavy atom. The van der Waals surface area contributed by atoms with E-state index in [4.69, 9.17) is 4.98 Å². The van der Waals surface area contributed by atoms with E-state index in [1.807, 2.05) is 54.6 Å². The Hall–Kier alpha value is -2.90. The van der Waals surface area contributed by atoms with Crippen LogP contribution in [0.2, 0.25) is 0 Å². The van der Waals surface area contributed by atoms with Gasteiger partial charge in [0.15, 0.2) is 5.16 Å². The number of benzene rings is 2. The number of fused-ring (bicyclic) bond motifs is 3. The number of hydrogen-bond acceptors (Lipinski definition) is 5. The lowest BCUT2D eigenvalue weighted by atomic mass is 9.89. The molecule has 0 spiro atoms. The van der Waals surface area contributed by atoms with Crippen LogP contribution in [0, 0.1) is 5.92 Å². The number of rotatable bonds is 6. The molecule has 1 amide bonds. The summed E-state index contributed by atoms with van der Waals surface area (Å²) >= 11 is 2.94. The minimum atomic E-state index is -0.124. The van der Waals surface area contributed by atoms with Gasteiger partial charge in [0.2, 0.25) is 5.91 Å². The zero-order chi connectivity index (χ0) is 24.5. The lowest BCUT2D eigenvalue weighted by molar-refractivity contribution is -0.113. The standard InChI is InChI=1S/C28H29N3O2S2/c1-17(2)19-10-12-20(13-11-19)29-24(32)16-34-28-30-26-25(22-14-9-18(3)15-23(22)35-26)27(33)31(28)21-7-5-4-6-8-21/h4-8,10-13,17-18H,9,14-16H2,1-3H3,(H,29,32). The molecule has 2 aromatic heterocycles. The number of carbonyl (C=O) groups is 1. The molecule has 1 atom stereocenters. The van der Waals surface area contributed by atoms with Gasteiger partial charge in [-0.05, 0) is 66.5 Å². The molecule has 0 saturated carbocycles. The summed E-state index contributed by atoms with van der Waals surface area (Å²) in [7, 11) is 0. The third kappa shape index (κ3) is 4.93. The fraction of sp³-hybridized carbons (Fsp3) is 0.321. The maximum absolute atomic E-state index is 13.8. The summed E-state index contributed by atoms with van der Waals surface area (Å²) in [6, 6.07) is 17.5. The quantitative estimate of drug-likeness (QED) is 0.243. The number of anilines is 1. The normalized spacial score (nSPS) is 15.4. The van der Waals surface area contributed by atoms with Crippen molar-refractivity contribution in [3.05, 3.63) is 81.0 Å². The molecule has 5 rings (SSSR count). The van der Waals surface area contributed by atoms with E-state index in [9.17, 15) is 9.59 Å². The van der Waals surface area contributed by atoms with Gasteiger partial charge >= 0.3 is 0 Å². The number of aryl methyl sites for hydroxylation is 1. The van der Waals surface area contributed by atoms with E-state index in [1.54, 1.807) is 15.9 Å². The van der Waals surface area contributed by atoms with Crippen LogP contribution < -0.4 is 10.9 Å². The Bertz CT molecular complexity index is 1420. The summed E-state index contributed by atoms with van der Waals surface area (Å²) in [5.41, 5.74) is 3.90. The van der Waals surface area contributed by atoms with Crippen LogP contribution in [-0.4, -0.2) is 21.2 Å². The Labute approximate surface area is 213 Å². The molecule has 0 bridgehead atoms. The van der Waals surface area contributed by atoms with Crippen LogP contribution in [-0.2, 0) is 17.6 Å². The average Bonchev–Trinajstić information content (AvgIpc) is 3.21. The minimum Gasteiger partial charge on any atom is -0.325 e. The highest BCUT2D eigenvalue weighted by atomic mass is 32.2. The fourth-order valence-corrected chi connectivity index (χ4v) is 6.79. The van der Waals surface area contributed by atoms with E-state index in [-0.39, 0.29) is 17.2 Å². The Balaban J connectivity index is 1.45. The molecule has 0 aliphatic heterocycles. The summed E-state index contributed by atoms with van der Waals surface area (Å²) in [6.07, 6.45) is 3.02. The maximum atomic E-state index is 13.8. The summed E-state index contributed by atoms with van der Waals surface area (Å²) in [5.74, 6) is 1.11. The molecule has 1 aliphatic rings. The third-order valence-corrected chi connectivity index (χ3v) is 8.59. The highest BCUT2D eigenvalue weighted by Gasteiger charge is 2.25. The molecule has 1 aliphatic carbocycles. The van der Waals surface area contributed by atoms with Crippen LogP contribution in [0.15, 0.2) is 64.5 Å². The van der Waals surface area contributed by atoms with Gasteiger partial charge in [-0.25, -0.2) is 4.98 Å². The van der Waals surface area contributed by atoms with Crippen LogP contribution in [0.3, 0.4) is 0 Å². The molecule has 1 unspecified atom stereocenters. The first kappa shape index (κ1) is 23.8. The molecule has 2 heterocycles. The van der Waals surface area contributed by atoms with Crippen molar-refractivity contribution < 1.29 is 4.79 Å². The van der Waals surface area contributed by atoms with Crippen molar-refractivity contribution in [1.29, 1.82) is 0 Å². The second-order valence-electron chi connectivity index (χ2n) is 9.52. The summed E-state index contributed by atoms with van der Waals surface area (Å²) in [4.78, 5) is 33.5. The Kier molecular flexibility index (Phi) is 6.80. The molecule has 7 heteroatoms. The molecule has 5 nitrogen and oxygen atoms in total. The molecular weight excluding hydrogens is 474 g/mol. The number of para-hydroxylation sites is 1. The van der Waals surface area contributed by atoms with Gasteiger partial charge < -0.3 is 5.32 Å². The number of thiophene rings is 1. The molecule has 180 valence electrons. The van der Waals surface area contributed by atoms with E-state index in [1.165, 1.54) is 27.8 Å². The van der Waals surface area contributed by atoms with E-state index in [0.29, 0.717) is 17.0 Å². The zero-order valence-electron chi connectivity index (χ0n) is 20.2. The van der Waals surface area contributed by atoms with Crippen LogP contribution >= 0.6 is 23.1 Å². The van der Waals surface area contributed by atoms with Gasteiger partial charge in [0.25, 0.3) is 5.56 Å². The van der Waals surface area contributed by atoms with Crippen molar-refractivity contribution in [3.63, 3.8) is 0 Å². The number of thioether (sulfide) groups is 1. The van der Waals surface area contributed by atoms with E-state index in [0.717, 1.165) is 40.9 Å².